The molecule has 0 saturated carbocycles. The zero-order valence-corrected chi connectivity index (χ0v) is 20.4. The van der Waals surface area contributed by atoms with Crippen LogP contribution in [0.15, 0.2) is 72.8 Å². The highest BCUT2D eigenvalue weighted by molar-refractivity contribution is 7.15. The van der Waals surface area contributed by atoms with Crippen LogP contribution in [0.2, 0.25) is 0 Å². The van der Waals surface area contributed by atoms with Crippen molar-refractivity contribution in [2.45, 2.75) is 12.3 Å². The Morgan fingerprint density at radius 3 is 2.16 bits per heavy atom. The molecule has 38 heavy (non-hydrogen) atoms. The lowest BCUT2D eigenvalue weighted by atomic mass is 10.1. The average molecular weight is 528 g/mol. The van der Waals surface area contributed by atoms with Crippen molar-refractivity contribution in [3.63, 3.8) is 0 Å². The molecule has 11 heteroatoms. The third-order valence-electron chi connectivity index (χ3n) is 6.46. The van der Waals surface area contributed by atoms with Crippen LogP contribution in [-0.2, 0) is 4.79 Å². The Hall–Kier alpha value is -4.77. The summed E-state index contributed by atoms with van der Waals surface area (Å²) in [5, 5.41) is 11.8. The first-order chi connectivity index (χ1) is 18.4. The van der Waals surface area contributed by atoms with Crippen molar-refractivity contribution in [1.29, 1.82) is 0 Å². The Balaban J connectivity index is 1.12. The summed E-state index contributed by atoms with van der Waals surface area (Å²) in [5.41, 5.74) is 1.97. The van der Waals surface area contributed by atoms with E-state index < -0.39 is 17.7 Å². The summed E-state index contributed by atoms with van der Waals surface area (Å²) in [6.45, 7) is 0.381. The lowest BCUT2D eigenvalue weighted by Gasteiger charge is -2.16. The van der Waals surface area contributed by atoms with E-state index >= 15 is 0 Å². The Morgan fingerprint density at radius 1 is 0.868 bits per heavy atom. The van der Waals surface area contributed by atoms with E-state index in [1.165, 1.54) is 47.7 Å². The van der Waals surface area contributed by atoms with Gasteiger partial charge >= 0.3 is 0 Å². The molecule has 1 N–H and O–H groups in total. The highest BCUT2D eigenvalue weighted by atomic mass is 32.1. The summed E-state index contributed by atoms with van der Waals surface area (Å²) in [7, 11) is 0. The van der Waals surface area contributed by atoms with Gasteiger partial charge in [-0.15, -0.1) is 10.2 Å². The molecule has 1 unspecified atom stereocenters. The van der Waals surface area contributed by atoms with Crippen molar-refractivity contribution >= 4 is 51.5 Å². The molecule has 2 aliphatic rings. The number of benzene rings is 3. The fraction of sp³-hybridized carbons (Fsp3) is 0.111. The number of fused-ring (bicyclic) bond motifs is 1. The van der Waals surface area contributed by atoms with Crippen LogP contribution < -0.4 is 15.1 Å². The molecule has 0 spiro atoms. The Labute approximate surface area is 219 Å². The van der Waals surface area contributed by atoms with Crippen molar-refractivity contribution in [2.24, 2.45) is 0 Å². The van der Waals surface area contributed by atoms with Crippen molar-refractivity contribution < 1.29 is 23.6 Å². The van der Waals surface area contributed by atoms with Crippen LogP contribution in [0.5, 0.6) is 0 Å². The van der Waals surface area contributed by atoms with Crippen molar-refractivity contribution in [2.75, 3.05) is 21.7 Å². The smallest absolute Gasteiger partial charge is 0.266 e. The normalized spacial score (nSPS) is 16.8. The fourth-order valence-electron chi connectivity index (χ4n) is 4.55. The van der Waals surface area contributed by atoms with Crippen LogP contribution in [-0.4, -0.2) is 40.4 Å². The number of amides is 4. The van der Waals surface area contributed by atoms with E-state index in [4.69, 9.17) is 0 Å². The maximum atomic E-state index is 13.2. The number of carbonyl (C=O) groups excluding carboxylic acids is 4. The molecule has 3 aromatic carbocycles. The molecule has 188 valence electrons. The Kier molecular flexibility index (Phi) is 5.76. The van der Waals surface area contributed by atoms with Crippen molar-refractivity contribution in [1.82, 2.24) is 10.2 Å². The van der Waals surface area contributed by atoms with Gasteiger partial charge in [-0.2, -0.15) is 0 Å². The second kappa shape index (κ2) is 9.27. The minimum atomic E-state index is -0.433. The quantitative estimate of drug-likeness (QED) is 0.389. The number of halogens is 1. The monoisotopic (exact) mass is 527 g/mol. The number of nitrogens with one attached hydrogen (secondary N) is 1. The molecule has 4 aromatic rings. The predicted molar refractivity (Wildman–Crippen MR) is 138 cm³/mol. The minimum Gasteiger partial charge on any atom is -0.312 e. The molecular formula is C27H18FN5O4S. The molecular weight excluding hydrogens is 509 g/mol. The Bertz CT molecular complexity index is 1570. The standard InChI is InChI=1S/C27H18FN5O4S/c28-17-7-11-18(12-8-17)32-14-16(13-22(32)34)24-30-31-27(38-24)29-23(35)15-5-9-19(10-6-15)33-25(36)20-3-1-2-4-21(20)26(33)37/h1-12,16H,13-14H2,(H,29,31,35). The first kappa shape index (κ1) is 23.6. The molecule has 9 nitrogen and oxygen atoms in total. The number of imide groups is 1. The average Bonchev–Trinajstić information content (AvgIpc) is 3.62. The fourth-order valence-corrected chi connectivity index (χ4v) is 5.38. The van der Waals surface area contributed by atoms with Gasteiger partial charge in [0, 0.05) is 30.1 Å². The van der Waals surface area contributed by atoms with Gasteiger partial charge in [0.05, 0.1) is 16.8 Å². The van der Waals surface area contributed by atoms with E-state index in [1.54, 1.807) is 41.3 Å². The largest absolute Gasteiger partial charge is 0.312 e. The zero-order valence-electron chi connectivity index (χ0n) is 19.6. The summed E-state index contributed by atoms with van der Waals surface area (Å²) >= 11 is 1.18. The zero-order chi connectivity index (χ0) is 26.4. The van der Waals surface area contributed by atoms with Gasteiger partial charge in [0.1, 0.15) is 10.8 Å². The number of carbonyl (C=O) groups is 4. The maximum Gasteiger partial charge on any atom is 0.266 e. The van der Waals surface area contributed by atoms with E-state index in [0.717, 1.165) is 4.90 Å². The number of hydrogen-bond acceptors (Lipinski definition) is 7. The van der Waals surface area contributed by atoms with E-state index in [1.807, 2.05) is 0 Å². The van der Waals surface area contributed by atoms with Gasteiger partial charge in [-0.1, -0.05) is 23.5 Å². The maximum absolute atomic E-state index is 13.2. The van der Waals surface area contributed by atoms with Crippen LogP contribution in [0.1, 0.15) is 48.4 Å². The number of anilines is 3. The molecule has 1 fully saturated rings. The number of rotatable bonds is 5. The van der Waals surface area contributed by atoms with Gasteiger partial charge in [-0.25, -0.2) is 9.29 Å². The predicted octanol–water partition coefficient (Wildman–Crippen LogP) is 4.25. The molecule has 1 saturated heterocycles. The summed E-state index contributed by atoms with van der Waals surface area (Å²) in [5.74, 6) is -1.92. The second-order valence-corrected chi connectivity index (χ2v) is 9.83. The Morgan fingerprint density at radius 2 is 1.50 bits per heavy atom. The highest BCUT2D eigenvalue weighted by Gasteiger charge is 2.36. The van der Waals surface area contributed by atoms with E-state index in [2.05, 4.69) is 15.5 Å². The third kappa shape index (κ3) is 4.12. The van der Waals surface area contributed by atoms with Crippen molar-refractivity contribution in [3.05, 3.63) is 100 Å². The molecule has 2 aliphatic heterocycles. The molecule has 0 aliphatic carbocycles. The van der Waals surface area contributed by atoms with Gasteiger partial charge in [-0.05, 0) is 60.7 Å². The van der Waals surface area contributed by atoms with Gasteiger partial charge in [0.2, 0.25) is 11.0 Å². The van der Waals surface area contributed by atoms with Crippen molar-refractivity contribution in [3.8, 4) is 0 Å². The van der Waals surface area contributed by atoms with Gasteiger partial charge in [0.15, 0.2) is 0 Å². The van der Waals surface area contributed by atoms with Gasteiger partial charge in [-0.3, -0.25) is 24.5 Å². The summed E-state index contributed by atoms with van der Waals surface area (Å²) in [6.07, 6.45) is 0.235. The molecule has 3 heterocycles. The molecule has 4 amide bonds. The minimum absolute atomic E-state index is 0.0967. The van der Waals surface area contributed by atoms with E-state index in [-0.39, 0.29) is 29.2 Å². The number of nitrogens with zero attached hydrogens (tertiary/aromatic N) is 4. The third-order valence-corrected chi connectivity index (χ3v) is 7.46. The summed E-state index contributed by atoms with van der Waals surface area (Å²) < 4.78 is 13.2. The second-order valence-electron chi connectivity index (χ2n) is 8.82. The highest BCUT2D eigenvalue weighted by Crippen LogP contribution is 2.34. The molecule has 0 radical (unpaired) electrons. The SMILES string of the molecule is O=C(Nc1nnc(C2CC(=O)N(c3ccc(F)cc3)C2)s1)c1ccc(N2C(=O)c3ccccc3C2=O)cc1. The topological polar surface area (TPSA) is 113 Å². The molecule has 1 atom stereocenters. The molecule has 1 aromatic heterocycles. The van der Waals surface area contributed by atoms with Crippen LogP contribution in [0.25, 0.3) is 0 Å². The van der Waals surface area contributed by atoms with E-state index in [0.29, 0.717) is 39.6 Å². The first-order valence-electron chi connectivity index (χ1n) is 11.7. The van der Waals surface area contributed by atoms with Crippen LogP contribution >= 0.6 is 11.3 Å². The number of aromatic nitrogens is 2. The molecule has 0 bridgehead atoms. The van der Waals surface area contributed by atoms with Crippen LogP contribution in [0.3, 0.4) is 0 Å². The summed E-state index contributed by atoms with van der Waals surface area (Å²) in [4.78, 5) is 53.3. The molecule has 6 rings (SSSR count). The summed E-state index contributed by atoms with van der Waals surface area (Å²) in [6, 6.07) is 18.5. The lowest BCUT2D eigenvalue weighted by Crippen LogP contribution is -2.29. The lowest BCUT2D eigenvalue weighted by molar-refractivity contribution is -0.117. The van der Waals surface area contributed by atoms with Crippen LogP contribution in [0.4, 0.5) is 20.9 Å². The van der Waals surface area contributed by atoms with Gasteiger partial charge in [0.25, 0.3) is 17.7 Å². The van der Waals surface area contributed by atoms with Gasteiger partial charge < -0.3 is 4.90 Å². The van der Waals surface area contributed by atoms with E-state index in [9.17, 15) is 23.6 Å². The number of hydrogen-bond donors (Lipinski definition) is 1. The first-order valence-corrected chi connectivity index (χ1v) is 12.5. The van der Waals surface area contributed by atoms with Crippen LogP contribution in [0, 0.1) is 5.82 Å².